The Hall–Kier alpha value is -2.45. The molecule has 0 N–H and O–H groups in total. The Balaban J connectivity index is 1.71. The summed E-state index contributed by atoms with van der Waals surface area (Å²) in [5, 5.41) is 4.31. The van der Waals surface area contributed by atoms with Crippen molar-refractivity contribution in [1.82, 2.24) is 18.5 Å². The first-order valence-corrected chi connectivity index (χ1v) is 10.0. The largest absolute Gasteiger partial charge is 0.350 e. The predicted octanol–water partition coefficient (Wildman–Crippen LogP) is 1.64. The second-order valence-corrected chi connectivity index (χ2v) is 8.57. The maximum absolute atomic E-state index is 12.7. The molecule has 0 spiro atoms. The molecule has 0 unspecified atom stereocenters. The van der Waals surface area contributed by atoms with Crippen molar-refractivity contribution in [2.45, 2.75) is 31.2 Å². The van der Waals surface area contributed by atoms with Crippen LogP contribution in [0.25, 0.3) is 5.65 Å². The van der Waals surface area contributed by atoms with Gasteiger partial charge in [0.25, 0.3) is 0 Å². The van der Waals surface area contributed by atoms with Crippen molar-refractivity contribution in [3.63, 3.8) is 0 Å². The summed E-state index contributed by atoms with van der Waals surface area (Å²) in [5.41, 5.74) is 2.19. The third-order valence-corrected chi connectivity index (χ3v) is 6.59. The minimum Gasteiger partial charge on any atom is -0.249 e. The van der Waals surface area contributed by atoms with Crippen LogP contribution in [0.3, 0.4) is 0 Å². The van der Waals surface area contributed by atoms with Crippen LogP contribution >= 0.6 is 0 Å². The number of hydrogen-bond donors (Lipinski definition) is 0. The number of rotatable bonds is 4. The minimum atomic E-state index is -3.56. The molecule has 1 fully saturated rings. The van der Waals surface area contributed by atoms with E-state index in [-0.39, 0.29) is 10.6 Å². The lowest BCUT2D eigenvalue weighted by Gasteiger charge is -2.15. The van der Waals surface area contributed by atoms with E-state index in [2.05, 4.69) is 5.10 Å². The molecule has 0 atom stereocenters. The van der Waals surface area contributed by atoms with Gasteiger partial charge in [0.1, 0.15) is 0 Å². The van der Waals surface area contributed by atoms with Gasteiger partial charge in [-0.15, -0.1) is 5.10 Å². The lowest BCUT2D eigenvalue weighted by Crippen LogP contribution is -2.28. The van der Waals surface area contributed by atoms with E-state index in [4.69, 9.17) is 0 Å². The number of fused-ring (bicyclic) bond motifs is 1. The van der Waals surface area contributed by atoms with Gasteiger partial charge >= 0.3 is 5.69 Å². The fourth-order valence-corrected chi connectivity index (χ4v) is 4.71. The first-order chi connectivity index (χ1) is 12.4. The first kappa shape index (κ1) is 17.0. The summed E-state index contributed by atoms with van der Waals surface area (Å²) in [6.45, 7) is 3.40. The van der Waals surface area contributed by atoms with Gasteiger partial charge in [-0.1, -0.05) is 29.8 Å². The van der Waals surface area contributed by atoms with Gasteiger partial charge in [0, 0.05) is 19.3 Å². The van der Waals surface area contributed by atoms with Crippen LogP contribution in [0.1, 0.15) is 24.0 Å². The summed E-state index contributed by atoms with van der Waals surface area (Å²) in [7, 11) is -3.56. The maximum Gasteiger partial charge on any atom is 0.350 e. The minimum absolute atomic E-state index is 0.129. The summed E-state index contributed by atoms with van der Waals surface area (Å²) in [6.07, 6.45) is 3.12. The van der Waals surface area contributed by atoms with E-state index in [1.807, 2.05) is 31.2 Å². The number of nitrogens with zero attached hydrogens (tertiary/aromatic N) is 4. The molecule has 0 saturated carbocycles. The summed E-state index contributed by atoms with van der Waals surface area (Å²) >= 11 is 0. The van der Waals surface area contributed by atoms with Gasteiger partial charge in [0.2, 0.25) is 10.0 Å². The molecular weight excluding hydrogens is 352 g/mol. The van der Waals surface area contributed by atoms with Crippen LogP contribution in [0.15, 0.2) is 52.3 Å². The first-order valence-electron chi connectivity index (χ1n) is 8.60. The highest BCUT2D eigenvalue weighted by atomic mass is 32.2. The van der Waals surface area contributed by atoms with Crippen molar-refractivity contribution in [3.8, 4) is 0 Å². The van der Waals surface area contributed by atoms with Gasteiger partial charge in [-0.05, 0) is 37.5 Å². The molecule has 8 heteroatoms. The molecule has 1 aliphatic rings. The van der Waals surface area contributed by atoms with E-state index < -0.39 is 10.0 Å². The fraction of sp³-hybridized carbons (Fsp3) is 0.333. The summed E-state index contributed by atoms with van der Waals surface area (Å²) < 4.78 is 29.5. The molecule has 7 nitrogen and oxygen atoms in total. The van der Waals surface area contributed by atoms with Crippen molar-refractivity contribution < 1.29 is 8.42 Å². The van der Waals surface area contributed by atoms with Crippen LogP contribution in [0, 0.1) is 6.92 Å². The third kappa shape index (κ3) is 2.95. The van der Waals surface area contributed by atoms with E-state index in [9.17, 15) is 13.2 Å². The highest BCUT2D eigenvalue weighted by Crippen LogP contribution is 2.20. The van der Waals surface area contributed by atoms with Crippen molar-refractivity contribution in [2.24, 2.45) is 0 Å². The number of aromatic nitrogens is 3. The zero-order valence-electron chi connectivity index (χ0n) is 14.5. The van der Waals surface area contributed by atoms with E-state index >= 15 is 0 Å². The molecule has 1 saturated heterocycles. The summed E-state index contributed by atoms with van der Waals surface area (Å²) in [4.78, 5) is 12.8. The number of aryl methyl sites for hydroxylation is 1. The zero-order valence-corrected chi connectivity index (χ0v) is 15.3. The highest BCUT2D eigenvalue weighted by molar-refractivity contribution is 7.89. The molecule has 0 radical (unpaired) electrons. The Kier molecular flexibility index (Phi) is 4.16. The van der Waals surface area contributed by atoms with Crippen molar-refractivity contribution in [2.75, 3.05) is 13.1 Å². The number of benzene rings is 1. The van der Waals surface area contributed by atoms with Crippen LogP contribution in [-0.2, 0) is 16.6 Å². The molecule has 0 bridgehead atoms. The normalized spacial score (nSPS) is 15.7. The van der Waals surface area contributed by atoms with E-state index in [0.29, 0.717) is 25.3 Å². The topological polar surface area (TPSA) is 76.7 Å². The molecule has 3 aromatic rings. The molecule has 136 valence electrons. The SMILES string of the molecule is Cc1ccc(Cn2nc3ccc(S(=O)(=O)N4CCCC4)cn3c2=O)cc1. The van der Waals surface area contributed by atoms with Crippen LogP contribution < -0.4 is 5.69 Å². The van der Waals surface area contributed by atoms with Crippen LogP contribution in [0.4, 0.5) is 0 Å². The molecule has 3 heterocycles. The molecule has 0 aliphatic carbocycles. The average Bonchev–Trinajstić information content (AvgIpc) is 3.27. The molecule has 4 rings (SSSR count). The number of hydrogen-bond acceptors (Lipinski definition) is 4. The Morgan fingerprint density at radius 2 is 1.73 bits per heavy atom. The summed E-state index contributed by atoms with van der Waals surface area (Å²) in [6, 6.07) is 11.0. The highest BCUT2D eigenvalue weighted by Gasteiger charge is 2.27. The number of pyridine rings is 1. The van der Waals surface area contributed by atoms with Gasteiger partial charge in [0.05, 0.1) is 11.4 Å². The lowest BCUT2D eigenvalue weighted by molar-refractivity contribution is 0.477. The second kappa shape index (κ2) is 6.37. The zero-order chi connectivity index (χ0) is 18.3. The molecule has 1 aliphatic heterocycles. The van der Waals surface area contributed by atoms with E-state index in [1.54, 1.807) is 6.07 Å². The molecule has 26 heavy (non-hydrogen) atoms. The van der Waals surface area contributed by atoms with Crippen LogP contribution in [0.5, 0.6) is 0 Å². The monoisotopic (exact) mass is 372 g/mol. The van der Waals surface area contributed by atoms with Gasteiger partial charge in [0.15, 0.2) is 5.65 Å². The van der Waals surface area contributed by atoms with Gasteiger partial charge < -0.3 is 0 Å². The van der Waals surface area contributed by atoms with Crippen molar-refractivity contribution >= 4 is 15.7 Å². The van der Waals surface area contributed by atoms with Crippen molar-refractivity contribution in [3.05, 3.63) is 64.2 Å². The van der Waals surface area contributed by atoms with E-state index in [1.165, 1.54) is 25.7 Å². The third-order valence-electron chi connectivity index (χ3n) is 4.71. The van der Waals surface area contributed by atoms with Gasteiger partial charge in [-0.3, -0.25) is 0 Å². The smallest absolute Gasteiger partial charge is 0.249 e. The Morgan fingerprint density at radius 1 is 1.04 bits per heavy atom. The molecule has 2 aromatic heterocycles. The molecular formula is C18H20N4O3S. The van der Waals surface area contributed by atoms with Gasteiger partial charge in [-0.2, -0.15) is 4.31 Å². The van der Waals surface area contributed by atoms with Crippen LogP contribution in [-0.4, -0.2) is 40.0 Å². The van der Waals surface area contributed by atoms with Gasteiger partial charge in [-0.25, -0.2) is 22.3 Å². The Labute approximate surface area is 151 Å². The number of sulfonamides is 1. The molecule has 1 aromatic carbocycles. The second-order valence-electron chi connectivity index (χ2n) is 6.63. The maximum atomic E-state index is 12.7. The standard InChI is InChI=1S/C18H20N4O3S/c1-14-4-6-15(7-5-14)12-22-18(23)21-13-16(8-9-17(21)19-22)26(24,25)20-10-2-3-11-20/h4-9,13H,2-3,10-12H2,1H3. The molecule has 0 amide bonds. The summed E-state index contributed by atoms with van der Waals surface area (Å²) in [5.74, 6) is 0. The fourth-order valence-electron chi connectivity index (χ4n) is 3.20. The quantitative estimate of drug-likeness (QED) is 0.698. The van der Waals surface area contributed by atoms with Crippen molar-refractivity contribution in [1.29, 1.82) is 0 Å². The average molecular weight is 372 g/mol. The lowest BCUT2D eigenvalue weighted by atomic mass is 10.1. The van der Waals surface area contributed by atoms with Crippen LogP contribution in [0.2, 0.25) is 0 Å². The van der Waals surface area contributed by atoms with E-state index in [0.717, 1.165) is 24.0 Å². The Bertz CT molecular complexity index is 1110. The predicted molar refractivity (Wildman–Crippen MR) is 97.7 cm³/mol. The Morgan fingerprint density at radius 3 is 2.42 bits per heavy atom.